The van der Waals surface area contributed by atoms with Crippen LogP contribution in [0.5, 0.6) is 0 Å². The summed E-state index contributed by atoms with van der Waals surface area (Å²) in [7, 11) is 0. The number of hydrogen-bond acceptors (Lipinski definition) is 3. The minimum atomic E-state index is -0.774. The highest BCUT2D eigenvalue weighted by atomic mass is 16.4. The first-order chi connectivity index (χ1) is 10.7. The molecular weight excluding hydrogens is 276 g/mol. The summed E-state index contributed by atoms with van der Waals surface area (Å²) >= 11 is 0. The van der Waals surface area contributed by atoms with E-state index >= 15 is 0 Å². The van der Waals surface area contributed by atoms with Gasteiger partial charge < -0.3 is 5.11 Å². The smallest absolute Gasteiger partial charge is 0.336 e. The van der Waals surface area contributed by atoms with Crippen molar-refractivity contribution >= 4 is 5.97 Å². The van der Waals surface area contributed by atoms with Crippen LogP contribution in [0.2, 0.25) is 0 Å². The number of aliphatic carboxylic acids is 1. The summed E-state index contributed by atoms with van der Waals surface area (Å²) in [5.41, 5.74) is 2.30. The molecule has 3 rings (SSSR count). The molecule has 0 radical (unpaired) electrons. The third-order valence-corrected chi connectivity index (χ3v) is 4.04. The Kier molecular flexibility index (Phi) is 4.51. The van der Waals surface area contributed by atoms with E-state index < -0.39 is 12.1 Å². The quantitative estimate of drug-likeness (QED) is 0.920. The first kappa shape index (κ1) is 14.8. The molecule has 0 aromatic heterocycles. The number of benzene rings is 2. The third kappa shape index (κ3) is 3.35. The van der Waals surface area contributed by atoms with Gasteiger partial charge >= 0.3 is 5.97 Å². The van der Waals surface area contributed by atoms with Gasteiger partial charge in [0.25, 0.3) is 0 Å². The lowest BCUT2D eigenvalue weighted by atomic mass is 10.2. The highest BCUT2D eigenvalue weighted by Crippen LogP contribution is 2.20. The second-order valence-corrected chi connectivity index (χ2v) is 5.62. The van der Waals surface area contributed by atoms with Crippen LogP contribution in [0.1, 0.15) is 11.1 Å². The van der Waals surface area contributed by atoms with Crippen molar-refractivity contribution in [1.82, 2.24) is 9.80 Å². The van der Waals surface area contributed by atoms with Crippen molar-refractivity contribution in [1.29, 1.82) is 0 Å². The molecule has 1 heterocycles. The topological polar surface area (TPSA) is 43.8 Å². The van der Waals surface area contributed by atoms with Crippen molar-refractivity contribution in [2.45, 2.75) is 19.3 Å². The third-order valence-electron chi connectivity index (χ3n) is 4.04. The molecule has 1 fully saturated rings. The summed E-state index contributed by atoms with van der Waals surface area (Å²) in [6.07, 6.45) is -0.555. The molecule has 4 heteroatoms. The highest BCUT2D eigenvalue weighted by Gasteiger charge is 2.37. The second-order valence-electron chi connectivity index (χ2n) is 5.62. The molecule has 0 unspecified atom stereocenters. The van der Waals surface area contributed by atoms with Crippen LogP contribution in [-0.2, 0) is 17.9 Å². The van der Waals surface area contributed by atoms with E-state index in [1.807, 2.05) is 70.5 Å². The number of hydrogen-bond donors (Lipinski definition) is 1. The van der Waals surface area contributed by atoms with Crippen molar-refractivity contribution in [2.24, 2.45) is 0 Å². The number of nitrogens with zero attached hydrogens (tertiary/aromatic N) is 2. The van der Waals surface area contributed by atoms with E-state index in [0.717, 1.165) is 24.2 Å². The maximum Gasteiger partial charge on any atom is 0.336 e. The van der Waals surface area contributed by atoms with Gasteiger partial charge in [-0.1, -0.05) is 60.7 Å². The molecule has 22 heavy (non-hydrogen) atoms. The highest BCUT2D eigenvalue weighted by molar-refractivity contribution is 5.73. The van der Waals surface area contributed by atoms with Crippen molar-refractivity contribution in [3.63, 3.8) is 0 Å². The van der Waals surface area contributed by atoms with Gasteiger partial charge in [-0.2, -0.15) is 0 Å². The van der Waals surface area contributed by atoms with Gasteiger partial charge in [0.1, 0.15) is 0 Å². The van der Waals surface area contributed by atoms with E-state index in [2.05, 4.69) is 0 Å². The summed E-state index contributed by atoms with van der Waals surface area (Å²) in [5.74, 6) is -0.774. The van der Waals surface area contributed by atoms with Crippen LogP contribution in [0.3, 0.4) is 0 Å². The number of carbonyl (C=O) groups is 1. The molecular formula is C18H20N2O2. The van der Waals surface area contributed by atoms with Crippen molar-refractivity contribution in [2.75, 3.05) is 13.1 Å². The average molecular weight is 296 g/mol. The Labute approximate surface area is 130 Å². The lowest BCUT2D eigenvalue weighted by Crippen LogP contribution is -2.44. The predicted octanol–water partition coefficient (Wildman–Crippen LogP) is 2.42. The summed E-state index contributed by atoms with van der Waals surface area (Å²) in [5, 5.41) is 9.63. The summed E-state index contributed by atoms with van der Waals surface area (Å²) in [6, 6.07) is 20.1. The van der Waals surface area contributed by atoms with Crippen LogP contribution in [-0.4, -0.2) is 40.1 Å². The van der Waals surface area contributed by atoms with Gasteiger partial charge in [-0.3, -0.25) is 9.80 Å². The molecule has 0 bridgehead atoms. The zero-order valence-corrected chi connectivity index (χ0v) is 12.4. The molecule has 1 N–H and O–H groups in total. The first-order valence-electron chi connectivity index (χ1n) is 7.53. The fourth-order valence-electron chi connectivity index (χ4n) is 3.01. The fourth-order valence-corrected chi connectivity index (χ4v) is 3.01. The molecule has 0 atom stereocenters. The van der Waals surface area contributed by atoms with Crippen LogP contribution in [0.15, 0.2) is 60.7 Å². The minimum absolute atomic E-state index is 0.555. The standard InChI is InChI=1S/C18H20N2O2/c21-18(22)17-19(13-15-7-3-1-4-8-15)11-12-20(17)14-16-9-5-2-6-10-16/h1-10,17H,11-14H2,(H,21,22). The zero-order chi connectivity index (χ0) is 15.4. The monoisotopic (exact) mass is 296 g/mol. The van der Waals surface area contributed by atoms with Crippen LogP contribution >= 0.6 is 0 Å². The zero-order valence-electron chi connectivity index (χ0n) is 12.4. The molecule has 2 aromatic rings. The molecule has 2 aromatic carbocycles. The molecule has 4 nitrogen and oxygen atoms in total. The van der Waals surface area contributed by atoms with Gasteiger partial charge in [0.15, 0.2) is 6.17 Å². The Balaban J connectivity index is 1.72. The number of carboxylic acid groups (broad SMARTS) is 1. The Hall–Kier alpha value is -2.17. The average Bonchev–Trinajstić information content (AvgIpc) is 2.92. The Morgan fingerprint density at radius 3 is 1.64 bits per heavy atom. The van der Waals surface area contributed by atoms with E-state index in [4.69, 9.17) is 0 Å². The number of carboxylic acids is 1. The first-order valence-corrected chi connectivity index (χ1v) is 7.53. The van der Waals surface area contributed by atoms with E-state index in [0.29, 0.717) is 13.1 Å². The van der Waals surface area contributed by atoms with Gasteiger partial charge in [0, 0.05) is 26.2 Å². The van der Waals surface area contributed by atoms with Gasteiger partial charge in [0.2, 0.25) is 0 Å². The molecule has 1 saturated heterocycles. The summed E-state index contributed by atoms with van der Waals surface area (Å²) in [4.78, 5) is 15.8. The largest absolute Gasteiger partial charge is 0.479 e. The van der Waals surface area contributed by atoms with Gasteiger partial charge in [-0.25, -0.2) is 4.79 Å². The molecule has 0 aliphatic carbocycles. The van der Waals surface area contributed by atoms with Gasteiger partial charge in [-0.05, 0) is 11.1 Å². The van der Waals surface area contributed by atoms with E-state index in [-0.39, 0.29) is 0 Å². The van der Waals surface area contributed by atoms with Crippen LogP contribution in [0, 0.1) is 0 Å². The maximum atomic E-state index is 11.7. The van der Waals surface area contributed by atoms with Crippen LogP contribution in [0.25, 0.3) is 0 Å². The Morgan fingerprint density at radius 2 is 1.27 bits per heavy atom. The second kappa shape index (κ2) is 6.73. The van der Waals surface area contributed by atoms with Crippen LogP contribution in [0.4, 0.5) is 0 Å². The fraction of sp³-hybridized carbons (Fsp3) is 0.278. The summed E-state index contributed by atoms with van der Waals surface area (Å²) in [6.45, 7) is 2.89. The lowest BCUT2D eigenvalue weighted by molar-refractivity contribution is -0.147. The van der Waals surface area contributed by atoms with E-state index in [1.54, 1.807) is 0 Å². The van der Waals surface area contributed by atoms with E-state index in [9.17, 15) is 9.90 Å². The maximum absolute atomic E-state index is 11.7. The Morgan fingerprint density at radius 1 is 0.864 bits per heavy atom. The van der Waals surface area contributed by atoms with E-state index in [1.165, 1.54) is 0 Å². The minimum Gasteiger partial charge on any atom is -0.479 e. The summed E-state index contributed by atoms with van der Waals surface area (Å²) < 4.78 is 0. The molecule has 1 aliphatic rings. The normalized spacial score (nSPS) is 16.9. The van der Waals surface area contributed by atoms with Crippen molar-refractivity contribution in [3.05, 3.63) is 71.8 Å². The van der Waals surface area contributed by atoms with Gasteiger partial charge in [0.05, 0.1) is 0 Å². The van der Waals surface area contributed by atoms with Crippen molar-refractivity contribution < 1.29 is 9.90 Å². The van der Waals surface area contributed by atoms with Crippen LogP contribution < -0.4 is 0 Å². The predicted molar refractivity (Wildman–Crippen MR) is 85.1 cm³/mol. The van der Waals surface area contributed by atoms with Gasteiger partial charge in [-0.15, -0.1) is 0 Å². The molecule has 0 amide bonds. The lowest BCUT2D eigenvalue weighted by Gasteiger charge is -2.26. The van der Waals surface area contributed by atoms with Crippen molar-refractivity contribution in [3.8, 4) is 0 Å². The number of rotatable bonds is 5. The molecule has 114 valence electrons. The molecule has 0 saturated carbocycles. The molecule has 1 aliphatic heterocycles. The Bertz CT molecular complexity index is 566. The molecule has 0 spiro atoms. The SMILES string of the molecule is O=C(O)C1N(Cc2ccccc2)CCN1Cc1ccccc1.